The van der Waals surface area contributed by atoms with E-state index in [0.717, 1.165) is 32.6 Å². The van der Waals surface area contributed by atoms with E-state index in [1.165, 1.54) is 11.3 Å². The number of fused-ring (bicyclic) bond motifs is 2. The van der Waals surface area contributed by atoms with E-state index in [-0.39, 0.29) is 17.1 Å². The minimum absolute atomic E-state index is 0.0250. The Morgan fingerprint density at radius 3 is 2.55 bits per heavy atom. The van der Waals surface area contributed by atoms with Crippen LogP contribution < -0.4 is 5.32 Å². The summed E-state index contributed by atoms with van der Waals surface area (Å²) < 4.78 is 0. The van der Waals surface area contributed by atoms with Gasteiger partial charge in [-0.1, -0.05) is 20.8 Å². The number of imidazole rings is 1. The molecule has 0 spiro atoms. The summed E-state index contributed by atoms with van der Waals surface area (Å²) in [6.07, 6.45) is 7.20. The Morgan fingerprint density at radius 1 is 0.950 bits per heavy atom. The number of ketones is 1. The van der Waals surface area contributed by atoms with E-state index < -0.39 is 0 Å². The first-order valence-electron chi connectivity index (χ1n) is 12.7. The maximum absolute atomic E-state index is 12.4. The van der Waals surface area contributed by atoms with Gasteiger partial charge in [-0.2, -0.15) is 5.10 Å². The number of pyridine rings is 3. The zero-order valence-electron chi connectivity index (χ0n) is 22.4. The number of hydrogen-bond donors (Lipinski definition) is 3. The molecule has 0 aromatic carbocycles. The van der Waals surface area contributed by atoms with Gasteiger partial charge in [0, 0.05) is 34.8 Å². The van der Waals surface area contributed by atoms with Gasteiger partial charge >= 0.3 is 0 Å². The predicted molar refractivity (Wildman–Crippen MR) is 156 cm³/mol. The molecule has 6 aromatic rings. The predicted octanol–water partition coefficient (Wildman–Crippen LogP) is 6.26. The van der Waals surface area contributed by atoms with Crippen molar-refractivity contribution in [3.8, 4) is 33.2 Å². The second-order valence-corrected chi connectivity index (χ2v) is 11.9. The normalized spacial score (nSPS) is 11.8. The van der Waals surface area contributed by atoms with Crippen LogP contribution in [0.4, 0.5) is 5.69 Å². The third-order valence-corrected chi connectivity index (χ3v) is 7.47. The van der Waals surface area contributed by atoms with Crippen molar-refractivity contribution in [1.29, 1.82) is 0 Å². The molecule has 10 nitrogen and oxygen atoms in total. The lowest BCUT2D eigenvalue weighted by Crippen LogP contribution is -2.19. The van der Waals surface area contributed by atoms with Crippen molar-refractivity contribution in [1.82, 2.24) is 35.1 Å². The molecule has 0 aliphatic rings. The standard InChI is InChI=1S/C29H26N8O2S/c1-15(38)22-7-8-23(40-22)18-13-31-14-21-25(18)35-28(34-21)27-26-20(36-37-27)6-5-19(33-26)16-9-17(12-30-11-16)32-24(39)10-29(2,3)4/h5-9,11-14H,10H2,1-4H3,(H,32,39)(H,34,35)(H,36,37). The molecule has 6 aromatic heterocycles. The van der Waals surface area contributed by atoms with Crippen LogP contribution >= 0.6 is 11.3 Å². The summed E-state index contributed by atoms with van der Waals surface area (Å²) in [5.74, 6) is 0.507. The molecular formula is C29H26N8O2S. The van der Waals surface area contributed by atoms with Gasteiger partial charge < -0.3 is 10.3 Å². The number of anilines is 1. The Morgan fingerprint density at radius 2 is 1.77 bits per heavy atom. The number of hydrogen-bond acceptors (Lipinski definition) is 8. The molecule has 3 N–H and O–H groups in total. The van der Waals surface area contributed by atoms with E-state index >= 15 is 0 Å². The zero-order valence-corrected chi connectivity index (χ0v) is 23.2. The van der Waals surface area contributed by atoms with Gasteiger partial charge in [-0.3, -0.25) is 24.7 Å². The number of Topliss-reactive ketones (excluding diaryl/α,β-unsaturated/α-hetero) is 1. The molecule has 0 radical (unpaired) electrons. The molecule has 0 aliphatic heterocycles. The molecule has 0 aliphatic carbocycles. The molecule has 6 rings (SSSR count). The lowest BCUT2D eigenvalue weighted by atomic mass is 9.92. The van der Waals surface area contributed by atoms with Gasteiger partial charge in [0.1, 0.15) is 11.0 Å². The van der Waals surface area contributed by atoms with Gasteiger partial charge in [0.15, 0.2) is 17.3 Å². The van der Waals surface area contributed by atoms with E-state index in [1.54, 1.807) is 31.7 Å². The summed E-state index contributed by atoms with van der Waals surface area (Å²) in [7, 11) is 0. The van der Waals surface area contributed by atoms with Crippen LogP contribution in [0.3, 0.4) is 0 Å². The first kappa shape index (κ1) is 25.5. The number of carbonyl (C=O) groups is 2. The van der Waals surface area contributed by atoms with Crippen molar-refractivity contribution in [2.75, 3.05) is 5.32 Å². The highest BCUT2D eigenvalue weighted by atomic mass is 32.1. The molecule has 0 unspecified atom stereocenters. The Hall–Kier alpha value is -4.77. The smallest absolute Gasteiger partial charge is 0.224 e. The number of aromatic amines is 2. The van der Waals surface area contributed by atoms with E-state index in [4.69, 9.17) is 9.97 Å². The summed E-state index contributed by atoms with van der Waals surface area (Å²) in [4.78, 5) is 47.6. The lowest BCUT2D eigenvalue weighted by Gasteiger charge is -2.17. The molecular weight excluding hydrogens is 524 g/mol. The Labute approximate surface area is 233 Å². The first-order valence-corrected chi connectivity index (χ1v) is 13.5. The van der Waals surface area contributed by atoms with Crippen molar-refractivity contribution in [2.45, 2.75) is 34.1 Å². The van der Waals surface area contributed by atoms with Crippen molar-refractivity contribution in [2.24, 2.45) is 5.41 Å². The topological polar surface area (TPSA) is 142 Å². The molecule has 6 heterocycles. The average molecular weight is 551 g/mol. The highest BCUT2D eigenvalue weighted by Gasteiger charge is 2.19. The summed E-state index contributed by atoms with van der Waals surface area (Å²) in [5, 5.41) is 10.5. The fraction of sp³-hybridized carbons (Fsp3) is 0.207. The van der Waals surface area contributed by atoms with E-state index in [2.05, 4.69) is 30.5 Å². The Bertz CT molecular complexity index is 1910. The summed E-state index contributed by atoms with van der Waals surface area (Å²) in [6.45, 7) is 7.62. The molecule has 0 bridgehead atoms. The van der Waals surface area contributed by atoms with Crippen LogP contribution in [0.2, 0.25) is 0 Å². The van der Waals surface area contributed by atoms with Crippen LogP contribution in [0.25, 0.3) is 55.3 Å². The third-order valence-electron chi connectivity index (χ3n) is 6.25. The lowest BCUT2D eigenvalue weighted by molar-refractivity contribution is -0.117. The van der Waals surface area contributed by atoms with Crippen LogP contribution in [0.5, 0.6) is 0 Å². The molecule has 0 saturated carbocycles. The highest BCUT2D eigenvalue weighted by molar-refractivity contribution is 7.17. The number of aromatic nitrogens is 7. The fourth-order valence-corrected chi connectivity index (χ4v) is 5.37. The number of thiophene rings is 1. The second-order valence-electron chi connectivity index (χ2n) is 10.8. The van der Waals surface area contributed by atoms with Crippen LogP contribution in [0, 0.1) is 5.41 Å². The van der Waals surface area contributed by atoms with Gasteiger partial charge in [-0.15, -0.1) is 11.3 Å². The van der Waals surface area contributed by atoms with E-state index in [1.807, 2.05) is 51.1 Å². The quantitative estimate of drug-likeness (QED) is 0.208. The zero-order chi connectivity index (χ0) is 28.0. The van der Waals surface area contributed by atoms with E-state index in [9.17, 15) is 9.59 Å². The van der Waals surface area contributed by atoms with Gasteiger partial charge in [-0.05, 0) is 42.7 Å². The van der Waals surface area contributed by atoms with Crippen molar-refractivity contribution in [3.05, 3.63) is 60.0 Å². The highest BCUT2D eigenvalue weighted by Crippen LogP contribution is 2.34. The molecule has 40 heavy (non-hydrogen) atoms. The number of nitrogens with one attached hydrogen (secondary N) is 3. The second kappa shape index (κ2) is 9.76. The number of nitrogens with zero attached hydrogens (tertiary/aromatic N) is 5. The van der Waals surface area contributed by atoms with Crippen molar-refractivity contribution in [3.63, 3.8) is 0 Å². The number of amides is 1. The molecule has 0 atom stereocenters. The summed E-state index contributed by atoms with van der Waals surface area (Å²) >= 11 is 1.42. The van der Waals surface area contributed by atoms with Gasteiger partial charge in [-0.25, -0.2) is 9.97 Å². The van der Waals surface area contributed by atoms with Gasteiger partial charge in [0.05, 0.1) is 39.7 Å². The summed E-state index contributed by atoms with van der Waals surface area (Å²) in [5.41, 5.74) is 6.22. The monoisotopic (exact) mass is 550 g/mol. The van der Waals surface area contributed by atoms with Crippen LogP contribution in [-0.2, 0) is 4.79 Å². The van der Waals surface area contributed by atoms with Crippen LogP contribution in [0.1, 0.15) is 43.8 Å². The van der Waals surface area contributed by atoms with Crippen molar-refractivity contribution < 1.29 is 9.59 Å². The number of carbonyl (C=O) groups excluding carboxylic acids is 2. The molecule has 1 amide bonds. The molecule has 0 saturated heterocycles. The van der Waals surface area contributed by atoms with Gasteiger partial charge in [0.25, 0.3) is 0 Å². The molecule has 11 heteroatoms. The number of rotatable bonds is 6. The largest absolute Gasteiger partial charge is 0.335 e. The minimum Gasteiger partial charge on any atom is -0.335 e. The van der Waals surface area contributed by atoms with Gasteiger partial charge in [0.2, 0.25) is 5.91 Å². The van der Waals surface area contributed by atoms with E-state index in [0.29, 0.717) is 39.7 Å². The molecule has 200 valence electrons. The first-order chi connectivity index (χ1) is 19.1. The fourth-order valence-electron chi connectivity index (χ4n) is 4.46. The van der Waals surface area contributed by atoms with Crippen molar-refractivity contribution >= 4 is 50.8 Å². The summed E-state index contributed by atoms with van der Waals surface area (Å²) in [6, 6.07) is 9.38. The van der Waals surface area contributed by atoms with Crippen LogP contribution in [0.15, 0.2) is 55.1 Å². The maximum Gasteiger partial charge on any atom is 0.224 e. The number of H-pyrrole nitrogens is 2. The average Bonchev–Trinajstić information content (AvgIpc) is 3.65. The Kier molecular flexibility index (Phi) is 6.22. The Balaban J connectivity index is 1.36. The SMILES string of the molecule is CC(=O)c1ccc(-c2cncc3[nH]c(-c4n[nH]c5ccc(-c6cncc(NC(=O)CC(C)(C)C)c6)nc45)nc23)s1. The van der Waals surface area contributed by atoms with Crippen LogP contribution in [-0.4, -0.2) is 46.8 Å². The minimum atomic E-state index is -0.117. The maximum atomic E-state index is 12.4. The molecule has 0 fully saturated rings. The third kappa shape index (κ3) is 4.98.